The van der Waals surface area contributed by atoms with Crippen molar-refractivity contribution in [2.24, 2.45) is 0 Å². The van der Waals surface area contributed by atoms with Crippen LogP contribution < -0.4 is 0 Å². The topological polar surface area (TPSA) is 56.0 Å². The summed E-state index contributed by atoms with van der Waals surface area (Å²) in [6.07, 6.45) is 3.56. The summed E-state index contributed by atoms with van der Waals surface area (Å²) in [5.41, 5.74) is 0.969. The number of pyridine rings is 1. The standard InChI is InChI=1S/C15H10BrN5S2/c16-11-6-10(7-17-8-11)14-20-21-13(18-19-15(21)23-14)9-22-12-4-2-1-3-5-12/h1-8H,9H2. The summed E-state index contributed by atoms with van der Waals surface area (Å²) in [7, 11) is 0. The second kappa shape index (κ2) is 6.38. The number of thioether (sulfide) groups is 1. The highest BCUT2D eigenvalue weighted by atomic mass is 79.9. The van der Waals surface area contributed by atoms with Crippen LogP contribution in [-0.4, -0.2) is 24.8 Å². The van der Waals surface area contributed by atoms with Crippen LogP contribution in [0.4, 0.5) is 0 Å². The summed E-state index contributed by atoms with van der Waals surface area (Å²) in [6.45, 7) is 0. The van der Waals surface area contributed by atoms with Crippen LogP contribution in [0.1, 0.15) is 5.82 Å². The van der Waals surface area contributed by atoms with Crippen molar-refractivity contribution in [1.29, 1.82) is 0 Å². The lowest BCUT2D eigenvalue weighted by molar-refractivity contribution is 0.887. The van der Waals surface area contributed by atoms with Crippen LogP contribution in [0.2, 0.25) is 0 Å². The lowest BCUT2D eigenvalue weighted by Crippen LogP contribution is -1.94. The molecule has 0 unspecified atom stereocenters. The van der Waals surface area contributed by atoms with Crippen molar-refractivity contribution in [1.82, 2.24) is 24.8 Å². The molecule has 114 valence electrons. The first-order valence-corrected chi connectivity index (χ1v) is 9.39. The van der Waals surface area contributed by atoms with Gasteiger partial charge in [-0.15, -0.1) is 22.0 Å². The minimum Gasteiger partial charge on any atom is -0.263 e. The molecule has 1 aromatic carbocycles. The maximum Gasteiger partial charge on any atom is 0.235 e. The highest BCUT2D eigenvalue weighted by Gasteiger charge is 2.13. The minimum atomic E-state index is 0.727. The SMILES string of the molecule is Brc1cncc(-c2nn3c(CSc4ccccc4)nnc3s2)c1. The summed E-state index contributed by atoms with van der Waals surface area (Å²) < 4.78 is 2.75. The van der Waals surface area contributed by atoms with Gasteiger partial charge in [-0.25, -0.2) is 0 Å². The van der Waals surface area contributed by atoms with Crippen molar-refractivity contribution in [3.05, 3.63) is 59.1 Å². The molecule has 0 bridgehead atoms. The van der Waals surface area contributed by atoms with Gasteiger partial charge in [-0.2, -0.15) is 9.61 Å². The fraction of sp³-hybridized carbons (Fsp3) is 0.0667. The molecule has 3 aromatic heterocycles. The van der Waals surface area contributed by atoms with Crippen LogP contribution >= 0.6 is 39.0 Å². The lowest BCUT2D eigenvalue weighted by atomic mass is 10.3. The van der Waals surface area contributed by atoms with Gasteiger partial charge >= 0.3 is 0 Å². The molecule has 0 atom stereocenters. The molecule has 0 saturated carbocycles. The molecule has 0 fully saturated rings. The number of hydrogen-bond donors (Lipinski definition) is 0. The Balaban J connectivity index is 1.62. The van der Waals surface area contributed by atoms with Gasteiger partial charge in [0.25, 0.3) is 0 Å². The highest BCUT2D eigenvalue weighted by molar-refractivity contribution is 9.10. The van der Waals surface area contributed by atoms with E-state index in [1.165, 1.54) is 16.2 Å². The van der Waals surface area contributed by atoms with Crippen molar-refractivity contribution in [2.75, 3.05) is 0 Å². The fourth-order valence-corrected chi connectivity index (χ4v) is 4.09. The lowest BCUT2D eigenvalue weighted by Gasteiger charge is -1.98. The van der Waals surface area contributed by atoms with E-state index >= 15 is 0 Å². The van der Waals surface area contributed by atoms with Crippen LogP contribution in [-0.2, 0) is 5.75 Å². The van der Waals surface area contributed by atoms with Crippen molar-refractivity contribution < 1.29 is 0 Å². The Kier molecular flexibility index (Phi) is 4.11. The zero-order valence-corrected chi connectivity index (χ0v) is 15.0. The molecule has 0 amide bonds. The van der Waals surface area contributed by atoms with Crippen LogP contribution in [0.25, 0.3) is 15.5 Å². The van der Waals surface area contributed by atoms with Gasteiger partial charge < -0.3 is 0 Å². The van der Waals surface area contributed by atoms with Gasteiger partial charge in [0.05, 0.1) is 5.75 Å². The van der Waals surface area contributed by atoms with Crippen LogP contribution in [0.15, 0.2) is 58.2 Å². The summed E-state index contributed by atoms with van der Waals surface area (Å²) >= 11 is 6.67. The molecule has 0 aliphatic rings. The van der Waals surface area contributed by atoms with Gasteiger partial charge in [-0.3, -0.25) is 4.98 Å². The van der Waals surface area contributed by atoms with Crippen LogP contribution in [0, 0.1) is 0 Å². The summed E-state index contributed by atoms with van der Waals surface area (Å²) in [6, 6.07) is 12.2. The molecule has 0 spiro atoms. The maximum absolute atomic E-state index is 4.63. The minimum absolute atomic E-state index is 0.727. The van der Waals surface area contributed by atoms with E-state index in [2.05, 4.69) is 48.3 Å². The quantitative estimate of drug-likeness (QED) is 0.475. The molecular weight excluding hydrogens is 394 g/mol. The first-order valence-electron chi connectivity index (χ1n) is 6.79. The molecule has 23 heavy (non-hydrogen) atoms. The van der Waals surface area contributed by atoms with Crippen LogP contribution in [0.3, 0.4) is 0 Å². The van der Waals surface area contributed by atoms with Crippen molar-refractivity contribution in [3.63, 3.8) is 0 Å². The smallest absolute Gasteiger partial charge is 0.235 e. The van der Waals surface area contributed by atoms with Crippen molar-refractivity contribution in [2.45, 2.75) is 10.6 Å². The Morgan fingerprint density at radius 1 is 1.13 bits per heavy atom. The zero-order chi connectivity index (χ0) is 15.6. The molecule has 0 saturated heterocycles. The van der Waals surface area contributed by atoms with E-state index in [0.717, 1.165) is 31.6 Å². The zero-order valence-electron chi connectivity index (χ0n) is 11.8. The second-order valence-electron chi connectivity index (χ2n) is 4.71. The molecule has 4 rings (SSSR count). The van der Waals surface area contributed by atoms with Crippen LogP contribution in [0.5, 0.6) is 0 Å². The first kappa shape index (κ1) is 14.8. The number of benzene rings is 1. The third kappa shape index (κ3) is 3.15. The second-order valence-corrected chi connectivity index (χ2v) is 7.63. The van der Waals surface area contributed by atoms with E-state index in [1.807, 2.05) is 28.8 Å². The Labute approximate surface area is 148 Å². The fourth-order valence-electron chi connectivity index (χ4n) is 2.06. The van der Waals surface area contributed by atoms with E-state index in [9.17, 15) is 0 Å². The predicted molar refractivity (Wildman–Crippen MR) is 95.6 cm³/mol. The van der Waals surface area contributed by atoms with Gasteiger partial charge in [0.15, 0.2) is 5.82 Å². The van der Waals surface area contributed by atoms with E-state index in [-0.39, 0.29) is 0 Å². The summed E-state index contributed by atoms with van der Waals surface area (Å²) in [5.74, 6) is 1.57. The molecule has 0 aliphatic carbocycles. The highest BCUT2D eigenvalue weighted by Crippen LogP contribution is 2.28. The largest absolute Gasteiger partial charge is 0.263 e. The molecule has 5 nitrogen and oxygen atoms in total. The average Bonchev–Trinajstić information content (AvgIpc) is 3.15. The average molecular weight is 404 g/mol. The molecule has 0 aliphatic heterocycles. The third-order valence-corrected chi connectivity index (χ3v) is 5.51. The molecular formula is C15H10BrN5S2. The predicted octanol–water partition coefficient (Wildman–Crippen LogP) is 4.30. The summed E-state index contributed by atoms with van der Waals surface area (Å²) in [4.78, 5) is 6.18. The Morgan fingerprint density at radius 2 is 2.00 bits per heavy atom. The normalized spacial score (nSPS) is 11.2. The third-order valence-electron chi connectivity index (χ3n) is 3.12. The number of halogens is 1. The molecule has 3 heterocycles. The monoisotopic (exact) mass is 403 g/mol. The number of rotatable bonds is 4. The van der Waals surface area contributed by atoms with Crippen molar-refractivity contribution in [3.8, 4) is 10.6 Å². The summed E-state index contributed by atoms with van der Waals surface area (Å²) in [5, 5.41) is 14.0. The van der Waals surface area contributed by atoms with Gasteiger partial charge in [-0.1, -0.05) is 29.5 Å². The molecule has 0 N–H and O–H groups in total. The van der Waals surface area contributed by atoms with E-state index < -0.39 is 0 Å². The molecule has 4 aromatic rings. The number of hydrogen-bond acceptors (Lipinski definition) is 6. The molecule has 0 radical (unpaired) electrons. The maximum atomic E-state index is 4.63. The Morgan fingerprint density at radius 3 is 2.83 bits per heavy atom. The van der Waals surface area contributed by atoms with Crippen molar-refractivity contribution >= 4 is 44.0 Å². The molecule has 8 heteroatoms. The van der Waals surface area contributed by atoms with E-state index in [0.29, 0.717) is 0 Å². The van der Waals surface area contributed by atoms with E-state index in [1.54, 1.807) is 24.2 Å². The van der Waals surface area contributed by atoms with Gasteiger partial charge in [-0.05, 0) is 34.1 Å². The Hall–Kier alpha value is -1.77. The van der Waals surface area contributed by atoms with Gasteiger partial charge in [0.1, 0.15) is 5.01 Å². The van der Waals surface area contributed by atoms with Gasteiger partial charge in [0, 0.05) is 27.3 Å². The van der Waals surface area contributed by atoms with E-state index in [4.69, 9.17) is 0 Å². The number of aromatic nitrogens is 5. The van der Waals surface area contributed by atoms with Gasteiger partial charge in [0.2, 0.25) is 4.96 Å². The Bertz CT molecular complexity index is 951. The first-order chi connectivity index (χ1) is 11.3. The number of nitrogens with zero attached hydrogens (tertiary/aromatic N) is 5. The number of fused-ring (bicyclic) bond motifs is 1.